The molecule has 0 saturated carbocycles. The number of hydrogen-bond donors (Lipinski definition) is 0. The maximum atomic E-state index is 11.1. The number of nitrogens with zero attached hydrogens (tertiary/aromatic N) is 2. The summed E-state index contributed by atoms with van der Waals surface area (Å²) < 4.78 is 5.78. The number of alkyl halides is 1. The molecule has 0 spiro atoms. The summed E-state index contributed by atoms with van der Waals surface area (Å²) in [6.07, 6.45) is 0.387. The van der Waals surface area contributed by atoms with E-state index < -0.39 is 0 Å². The number of hydrogen-bond acceptors (Lipinski definition) is 5. The monoisotopic (exact) mass is 300 g/mol. The van der Waals surface area contributed by atoms with Crippen molar-refractivity contribution < 1.29 is 9.66 Å². The normalized spacial score (nSPS) is 12.8. The second-order valence-corrected chi connectivity index (χ2v) is 6.05. The predicted octanol–water partition coefficient (Wildman–Crippen LogP) is 3.31. The highest BCUT2D eigenvalue weighted by Gasteiger charge is 2.19. The van der Waals surface area contributed by atoms with Crippen molar-refractivity contribution in [3.8, 4) is 0 Å². The zero-order chi connectivity index (χ0) is 14.0. The first kappa shape index (κ1) is 14.2. The average molecular weight is 301 g/mol. The molecule has 1 aromatic heterocycles. The predicted molar refractivity (Wildman–Crippen MR) is 76.2 cm³/mol. The molecule has 1 unspecified atom stereocenters. The van der Waals surface area contributed by atoms with Gasteiger partial charge in [0.2, 0.25) is 0 Å². The van der Waals surface area contributed by atoms with Crippen molar-refractivity contribution in [1.82, 2.24) is 4.98 Å². The van der Waals surface area contributed by atoms with E-state index in [4.69, 9.17) is 16.3 Å². The van der Waals surface area contributed by atoms with Crippen LogP contribution in [0, 0.1) is 17.0 Å². The Morgan fingerprint density at radius 2 is 2.32 bits per heavy atom. The Hall–Kier alpha value is -1.24. The van der Waals surface area contributed by atoms with Crippen LogP contribution in [0.5, 0.6) is 0 Å². The number of aryl methyl sites for hydroxylation is 1. The Balaban J connectivity index is 2.44. The van der Waals surface area contributed by atoms with E-state index in [1.165, 1.54) is 11.3 Å². The quantitative estimate of drug-likeness (QED) is 0.483. The molecule has 0 saturated heterocycles. The molecule has 1 heterocycles. The highest BCUT2D eigenvalue weighted by atomic mass is 35.5. The van der Waals surface area contributed by atoms with Gasteiger partial charge in [-0.25, -0.2) is 4.98 Å². The number of nitro groups is 1. The Morgan fingerprint density at radius 3 is 2.95 bits per heavy atom. The molecule has 0 aliphatic carbocycles. The summed E-state index contributed by atoms with van der Waals surface area (Å²) in [5.74, 6) is 0. The summed E-state index contributed by atoms with van der Waals surface area (Å²) in [7, 11) is 1.55. The van der Waals surface area contributed by atoms with Crippen LogP contribution in [0.3, 0.4) is 0 Å². The van der Waals surface area contributed by atoms with Crippen LogP contribution in [-0.2, 0) is 11.2 Å². The van der Waals surface area contributed by atoms with Crippen molar-refractivity contribution >= 4 is 38.8 Å². The lowest BCUT2D eigenvalue weighted by atomic mass is 10.1. The van der Waals surface area contributed by atoms with E-state index in [9.17, 15) is 10.1 Å². The summed E-state index contributed by atoms with van der Waals surface area (Å²) in [6.45, 7) is 2.23. The maximum Gasteiger partial charge on any atom is 0.274 e. The number of benzene rings is 1. The van der Waals surface area contributed by atoms with E-state index in [0.717, 1.165) is 15.2 Å². The van der Waals surface area contributed by atoms with Crippen molar-refractivity contribution in [2.24, 2.45) is 0 Å². The minimum atomic E-state index is -0.375. The Morgan fingerprint density at radius 1 is 1.58 bits per heavy atom. The van der Waals surface area contributed by atoms with E-state index in [-0.39, 0.29) is 16.0 Å². The van der Waals surface area contributed by atoms with Crippen LogP contribution < -0.4 is 0 Å². The van der Waals surface area contributed by atoms with Crippen LogP contribution >= 0.6 is 22.9 Å². The lowest BCUT2D eigenvalue weighted by molar-refractivity contribution is -0.385. The third kappa shape index (κ3) is 3.20. The van der Waals surface area contributed by atoms with Gasteiger partial charge in [0.15, 0.2) is 0 Å². The maximum absolute atomic E-state index is 11.1. The molecule has 5 nitrogen and oxygen atoms in total. The molecule has 19 heavy (non-hydrogen) atoms. The minimum Gasteiger partial charge on any atom is -0.383 e. The molecule has 0 N–H and O–H groups in total. The average Bonchev–Trinajstić information content (AvgIpc) is 2.67. The molecule has 2 aromatic rings. The van der Waals surface area contributed by atoms with E-state index in [1.54, 1.807) is 19.2 Å². The van der Waals surface area contributed by atoms with Gasteiger partial charge in [0.05, 0.1) is 32.1 Å². The summed E-state index contributed by atoms with van der Waals surface area (Å²) in [5.41, 5.74) is 1.47. The smallest absolute Gasteiger partial charge is 0.274 e. The zero-order valence-electron chi connectivity index (χ0n) is 10.6. The van der Waals surface area contributed by atoms with Gasteiger partial charge in [-0.1, -0.05) is 0 Å². The Labute approximate surface area is 119 Å². The SMILES string of the molecule is COCC(Cl)Cc1cc2nc(C)sc2cc1[N+](=O)[O-]. The molecule has 7 heteroatoms. The number of nitro benzene ring substituents is 1. The number of ether oxygens (including phenoxy) is 1. The number of thiazole rings is 1. The van der Waals surface area contributed by atoms with Gasteiger partial charge in [-0.3, -0.25) is 10.1 Å². The summed E-state index contributed by atoms with van der Waals surface area (Å²) in [5, 5.41) is 11.7. The number of fused-ring (bicyclic) bond motifs is 1. The molecular formula is C12H13ClN2O3S. The van der Waals surface area contributed by atoms with Gasteiger partial charge in [0.25, 0.3) is 5.69 Å². The van der Waals surface area contributed by atoms with Crippen LogP contribution in [0.1, 0.15) is 10.6 Å². The first-order chi connectivity index (χ1) is 9.01. The van der Waals surface area contributed by atoms with Gasteiger partial charge < -0.3 is 4.74 Å². The summed E-state index contributed by atoms with van der Waals surface area (Å²) in [4.78, 5) is 15.1. The molecule has 1 aromatic carbocycles. The minimum absolute atomic E-state index is 0.0953. The topological polar surface area (TPSA) is 65.3 Å². The van der Waals surface area contributed by atoms with Gasteiger partial charge in [-0.2, -0.15) is 0 Å². The molecule has 0 bridgehead atoms. The first-order valence-electron chi connectivity index (χ1n) is 5.68. The number of methoxy groups -OCH3 is 1. The second-order valence-electron chi connectivity index (χ2n) is 4.20. The van der Waals surface area contributed by atoms with E-state index in [0.29, 0.717) is 18.6 Å². The lowest BCUT2D eigenvalue weighted by Crippen LogP contribution is -2.11. The largest absolute Gasteiger partial charge is 0.383 e. The van der Waals surface area contributed by atoms with Crippen molar-refractivity contribution in [2.45, 2.75) is 18.7 Å². The zero-order valence-corrected chi connectivity index (χ0v) is 12.1. The lowest BCUT2D eigenvalue weighted by Gasteiger charge is -2.08. The third-order valence-corrected chi connectivity index (χ3v) is 3.90. The van der Waals surface area contributed by atoms with Crippen LogP contribution in [0.4, 0.5) is 5.69 Å². The molecule has 2 rings (SSSR count). The first-order valence-corrected chi connectivity index (χ1v) is 6.94. The standard InChI is InChI=1S/C12H13ClN2O3S/c1-7-14-10-4-8(3-9(13)6-18-2)11(15(16)17)5-12(10)19-7/h4-5,9H,3,6H2,1-2H3. The van der Waals surface area contributed by atoms with Gasteiger partial charge >= 0.3 is 0 Å². The second kappa shape index (κ2) is 5.81. The number of rotatable bonds is 5. The fourth-order valence-electron chi connectivity index (χ4n) is 1.93. The number of aromatic nitrogens is 1. The van der Waals surface area contributed by atoms with E-state index in [1.807, 2.05) is 6.92 Å². The summed E-state index contributed by atoms with van der Waals surface area (Å²) in [6, 6.07) is 3.33. The van der Waals surface area contributed by atoms with Crippen LogP contribution in [-0.4, -0.2) is 29.0 Å². The fourth-order valence-corrected chi connectivity index (χ4v) is 3.07. The third-order valence-electron chi connectivity index (χ3n) is 2.68. The van der Waals surface area contributed by atoms with E-state index >= 15 is 0 Å². The molecule has 0 radical (unpaired) electrons. The van der Waals surface area contributed by atoms with Crippen molar-refractivity contribution in [3.63, 3.8) is 0 Å². The van der Waals surface area contributed by atoms with E-state index in [2.05, 4.69) is 4.98 Å². The molecule has 102 valence electrons. The van der Waals surface area contributed by atoms with Crippen LogP contribution in [0.15, 0.2) is 12.1 Å². The van der Waals surface area contributed by atoms with Crippen LogP contribution in [0.25, 0.3) is 10.2 Å². The molecule has 0 amide bonds. The summed E-state index contributed by atoms with van der Waals surface area (Å²) >= 11 is 7.53. The Kier molecular flexibility index (Phi) is 4.34. The van der Waals surface area contributed by atoms with Gasteiger partial charge in [-0.05, 0) is 19.4 Å². The van der Waals surface area contributed by atoms with Crippen molar-refractivity contribution in [3.05, 3.63) is 32.8 Å². The van der Waals surface area contributed by atoms with Crippen molar-refractivity contribution in [1.29, 1.82) is 0 Å². The highest BCUT2D eigenvalue weighted by Crippen LogP contribution is 2.30. The molecule has 1 atom stereocenters. The highest BCUT2D eigenvalue weighted by molar-refractivity contribution is 7.18. The van der Waals surface area contributed by atoms with Gasteiger partial charge in [0.1, 0.15) is 0 Å². The molecule has 0 fully saturated rings. The van der Waals surface area contributed by atoms with Crippen LogP contribution in [0.2, 0.25) is 0 Å². The number of halogens is 1. The van der Waals surface area contributed by atoms with Gasteiger partial charge in [0, 0.05) is 18.7 Å². The molecular weight excluding hydrogens is 288 g/mol. The van der Waals surface area contributed by atoms with Crippen molar-refractivity contribution in [2.75, 3.05) is 13.7 Å². The fraction of sp³-hybridized carbons (Fsp3) is 0.417. The molecule has 0 aliphatic rings. The van der Waals surface area contributed by atoms with Gasteiger partial charge in [-0.15, -0.1) is 22.9 Å². The molecule has 0 aliphatic heterocycles. The Bertz CT molecular complexity index is 614.